The smallest absolute Gasteiger partial charge is 0.137 e. The first-order chi connectivity index (χ1) is 10.7. The minimum Gasteiger partial charge on any atom is -0.494 e. The molecule has 1 aromatic carbocycles. The van der Waals surface area contributed by atoms with Crippen molar-refractivity contribution in [2.45, 2.75) is 20.3 Å². The predicted octanol–water partition coefficient (Wildman–Crippen LogP) is 3.21. The molecule has 0 aliphatic carbocycles. The van der Waals surface area contributed by atoms with E-state index in [1.165, 1.54) is 5.56 Å². The summed E-state index contributed by atoms with van der Waals surface area (Å²) in [5.74, 6) is 0.881. The van der Waals surface area contributed by atoms with E-state index in [1.807, 2.05) is 25.1 Å². The third kappa shape index (κ3) is 2.70. The first kappa shape index (κ1) is 14.6. The lowest BCUT2D eigenvalue weighted by molar-refractivity contribution is 0.340. The molecule has 0 bridgehead atoms. The van der Waals surface area contributed by atoms with Gasteiger partial charge >= 0.3 is 0 Å². The number of fused-ring (bicyclic) bond motifs is 1. The number of hydrogen-bond acceptors (Lipinski definition) is 3. The molecule has 2 aromatic heterocycles. The number of rotatable bonds is 5. The van der Waals surface area contributed by atoms with Crippen LogP contribution in [0, 0.1) is 6.92 Å². The van der Waals surface area contributed by atoms with Crippen molar-refractivity contribution in [3.63, 3.8) is 0 Å². The molecule has 0 aliphatic rings. The summed E-state index contributed by atoms with van der Waals surface area (Å²) < 4.78 is 7.65. The number of imidazole rings is 1. The molecule has 3 rings (SSSR count). The Bertz CT molecular complexity index is 775. The molecule has 0 spiro atoms. The van der Waals surface area contributed by atoms with Gasteiger partial charge in [0.2, 0.25) is 0 Å². The first-order valence-corrected chi connectivity index (χ1v) is 7.64. The van der Waals surface area contributed by atoms with Gasteiger partial charge in [0.15, 0.2) is 0 Å². The third-order valence-electron chi connectivity index (χ3n) is 3.69. The Hall–Kier alpha value is -2.33. The number of aromatic nitrogens is 2. The van der Waals surface area contributed by atoms with E-state index in [4.69, 9.17) is 15.5 Å². The van der Waals surface area contributed by atoms with Crippen LogP contribution in [0.5, 0.6) is 5.75 Å². The van der Waals surface area contributed by atoms with Crippen molar-refractivity contribution in [2.24, 2.45) is 5.73 Å². The lowest BCUT2D eigenvalue weighted by Gasteiger charge is -2.06. The van der Waals surface area contributed by atoms with Gasteiger partial charge in [0.1, 0.15) is 11.4 Å². The first-order valence-electron chi connectivity index (χ1n) is 7.64. The van der Waals surface area contributed by atoms with Crippen LogP contribution < -0.4 is 10.5 Å². The minimum absolute atomic E-state index is 0.603. The Balaban J connectivity index is 2.10. The van der Waals surface area contributed by atoms with Crippen LogP contribution in [0.3, 0.4) is 0 Å². The van der Waals surface area contributed by atoms with Gasteiger partial charge in [-0.2, -0.15) is 0 Å². The van der Waals surface area contributed by atoms with Crippen LogP contribution >= 0.6 is 0 Å². The zero-order chi connectivity index (χ0) is 15.5. The van der Waals surface area contributed by atoms with Gasteiger partial charge in [-0.25, -0.2) is 4.98 Å². The Labute approximate surface area is 130 Å². The van der Waals surface area contributed by atoms with Crippen molar-refractivity contribution >= 4 is 5.65 Å². The standard InChI is InChI=1S/C18H21N3O/c1-3-22-15-7-5-14(6-8-15)18-16(10-11-19)21-12-13(2)4-9-17(21)20-18/h4-9,12H,3,10-11,19H2,1-2H3. The molecule has 0 aliphatic heterocycles. The minimum atomic E-state index is 0.603. The Kier molecular flexibility index (Phi) is 4.11. The molecule has 0 saturated heterocycles. The highest BCUT2D eigenvalue weighted by atomic mass is 16.5. The van der Waals surface area contributed by atoms with E-state index in [-0.39, 0.29) is 0 Å². The molecular weight excluding hydrogens is 274 g/mol. The van der Waals surface area contributed by atoms with Crippen molar-refractivity contribution in [3.05, 3.63) is 53.9 Å². The molecule has 0 unspecified atom stereocenters. The summed E-state index contributed by atoms with van der Waals surface area (Å²) in [6.07, 6.45) is 2.92. The average Bonchev–Trinajstić information content (AvgIpc) is 2.87. The van der Waals surface area contributed by atoms with Crippen molar-refractivity contribution in [3.8, 4) is 17.0 Å². The highest BCUT2D eigenvalue weighted by Gasteiger charge is 2.13. The monoisotopic (exact) mass is 295 g/mol. The summed E-state index contributed by atoms with van der Waals surface area (Å²) in [5.41, 5.74) is 11.2. The van der Waals surface area contributed by atoms with E-state index in [9.17, 15) is 0 Å². The highest BCUT2D eigenvalue weighted by molar-refractivity contribution is 5.67. The van der Waals surface area contributed by atoms with E-state index in [0.29, 0.717) is 13.2 Å². The Morgan fingerprint density at radius 1 is 1.14 bits per heavy atom. The number of nitrogens with zero attached hydrogens (tertiary/aromatic N) is 2. The fourth-order valence-electron chi connectivity index (χ4n) is 2.68. The zero-order valence-corrected chi connectivity index (χ0v) is 13.0. The molecule has 0 atom stereocenters. The molecule has 0 saturated carbocycles. The molecule has 3 aromatic rings. The Morgan fingerprint density at radius 2 is 1.91 bits per heavy atom. The largest absolute Gasteiger partial charge is 0.494 e. The summed E-state index contributed by atoms with van der Waals surface area (Å²) in [6, 6.07) is 12.2. The molecule has 22 heavy (non-hydrogen) atoms. The summed E-state index contributed by atoms with van der Waals surface area (Å²) in [7, 11) is 0. The Morgan fingerprint density at radius 3 is 2.59 bits per heavy atom. The van der Waals surface area contributed by atoms with Gasteiger partial charge in [-0.1, -0.05) is 6.07 Å². The van der Waals surface area contributed by atoms with Crippen LogP contribution in [-0.2, 0) is 6.42 Å². The highest BCUT2D eigenvalue weighted by Crippen LogP contribution is 2.27. The lowest BCUT2D eigenvalue weighted by Crippen LogP contribution is -2.06. The van der Waals surface area contributed by atoms with Crippen LogP contribution in [0.2, 0.25) is 0 Å². The topological polar surface area (TPSA) is 52.5 Å². The van der Waals surface area contributed by atoms with Gasteiger partial charge in [-0.05, 0) is 56.3 Å². The van der Waals surface area contributed by atoms with Crippen molar-refractivity contribution in [1.29, 1.82) is 0 Å². The second-order valence-electron chi connectivity index (χ2n) is 5.34. The van der Waals surface area contributed by atoms with E-state index in [0.717, 1.165) is 34.8 Å². The quantitative estimate of drug-likeness (QED) is 0.786. The van der Waals surface area contributed by atoms with Crippen LogP contribution in [0.25, 0.3) is 16.9 Å². The number of ether oxygens (including phenoxy) is 1. The number of hydrogen-bond donors (Lipinski definition) is 1. The predicted molar refractivity (Wildman–Crippen MR) is 89.3 cm³/mol. The SMILES string of the molecule is CCOc1ccc(-c2nc3ccc(C)cn3c2CCN)cc1. The van der Waals surface area contributed by atoms with Gasteiger partial charge in [-0.3, -0.25) is 0 Å². The molecular formula is C18H21N3O. The molecule has 0 amide bonds. The number of pyridine rings is 1. The summed E-state index contributed by atoms with van der Waals surface area (Å²) in [6.45, 7) is 5.34. The van der Waals surface area contributed by atoms with Crippen LogP contribution in [0.15, 0.2) is 42.6 Å². The number of aryl methyl sites for hydroxylation is 1. The van der Waals surface area contributed by atoms with Crippen LogP contribution in [-0.4, -0.2) is 22.5 Å². The maximum absolute atomic E-state index is 5.80. The maximum atomic E-state index is 5.80. The van der Waals surface area contributed by atoms with Gasteiger partial charge in [0.25, 0.3) is 0 Å². The van der Waals surface area contributed by atoms with E-state index < -0.39 is 0 Å². The average molecular weight is 295 g/mol. The second kappa shape index (κ2) is 6.20. The summed E-state index contributed by atoms with van der Waals surface area (Å²) in [5, 5.41) is 0. The fraction of sp³-hybridized carbons (Fsp3) is 0.278. The van der Waals surface area contributed by atoms with E-state index in [1.54, 1.807) is 0 Å². The van der Waals surface area contributed by atoms with Crippen LogP contribution in [0.1, 0.15) is 18.2 Å². The molecule has 2 heterocycles. The zero-order valence-electron chi connectivity index (χ0n) is 13.0. The molecule has 4 nitrogen and oxygen atoms in total. The molecule has 0 fully saturated rings. The lowest BCUT2D eigenvalue weighted by atomic mass is 10.1. The van der Waals surface area contributed by atoms with E-state index in [2.05, 4.69) is 35.7 Å². The van der Waals surface area contributed by atoms with Crippen molar-refractivity contribution in [2.75, 3.05) is 13.2 Å². The van der Waals surface area contributed by atoms with Gasteiger partial charge in [-0.15, -0.1) is 0 Å². The summed E-state index contributed by atoms with van der Waals surface area (Å²) >= 11 is 0. The molecule has 4 heteroatoms. The van der Waals surface area contributed by atoms with Crippen LogP contribution in [0.4, 0.5) is 0 Å². The van der Waals surface area contributed by atoms with Gasteiger partial charge < -0.3 is 14.9 Å². The third-order valence-corrected chi connectivity index (χ3v) is 3.69. The molecule has 0 radical (unpaired) electrons. The van der Waals surface area contributed by atoms with Crippen molar-refractivity contribution in [1.82, 2.24) is 9.38 Å². The molecule has 114 valence electrons. The second-order valence-corrected chi connectivity index (χ2v) is 5.34. The summed E-state index contributed by atoms with van der Waals surface area (Å²) in [4.78, 5) is 4.78. The van der Waals surface area contributed by atoms with Gasteiger partial charge in [0.05, 0.1) is 18.0 Å². The number of nitrogens with two attached hydrogens (primary N) is 1. The molecule has 2 N–H and O–H groups in total. The number of benzene rings is 1. The van der Waals surface area contributed by atoms with E-state index >= 15 is 0 Å². The normalized spacial score (nSPS) is 11.0. The fourth-order valence-corrected chi connectivity index (χ4v) is 2.68. The van der Waals surface area contributed by atoms with Gasteiger partial charge in [0, 0.05) is 18.2 Å². The van der Waals surface area contributed by atoms with Crippen molar-refractivity contribution < 1.29 is 4.74 Å². The maximum Gasteiger partial charge on any atom is 0.137 e.